The fourth-order valence-electron chi connectivity index (χ4n) is 7.53. The number of allylic oxidation sites excluding steroid dienone is 1. The van der Waals surface area contributed by atoms with E-state index in [-0.39, 0.29) is 32.4 Å². The first-order valence-electron chi connectivity index (χ1n) is 18.4. The van der Waals surface area contributed by atoms with Crippen molar-refractivity contribution < 1.29 is 41.9 Å². The fraction of sp³-hybridized carbons (Fsp3) is 0.639. The summed E-state index contributed by atoms with van der Waals surface area (Å²) in [6.07, 6.45) is 5.92. The molecule has 15 nitrogen and oxygen atoms in total. The summed E-state index contributed by atoms with van der Waals surface area (Å²) < 4.78 is 41.0. The van der Waals surface area contributed by atoms with Gasteiger partial charge in [-0.15, -0.1) is 0 Å². The molecule has 0 bridgehead atoms. The number of rotatable bonds is 5. The molecule has 5 aliphatic rings. The second-order valence-corrected chi connectivity index (χ2v) is 17.7. The summed E-state index contributed by atoms with van der Waals surface area (Å²) in [4.78, 5) is 71.6. The lowest BCUT2D eigenvalue weighted by atomic mass is 10.0. The maximum absolute atomic E-state index is 14.4. The maximum Gasteiger partial charge on any atom is 0.410 e. The SMILES string of the molecule is CC(C)(C)OC(=O)N[C@H]1CCCCC/C=C\[C@@H]2C[C@@]2(C(=O)NS(=O)(=O)N2CCCC2)NC(=O)[C@@H]2C[C@@H](OC(=O)N3Cc4ccc(Cl)cc4C3)CN2C1=O. The van der Waals surface area contributed by atoms with E-state index in [1.54, 1.807) is 32.9 Å². The summed E-state index contributed by atoms with van der Waals surface area (Å²) in [6, 6.07) is 3.14. The molecule has 1 aliphatic carbocycles. The predicted octanol–water partition coefficient (Wildman–Crippen LogP) is 3.51. The number of halogens is 1. The molecule has 4 aliphatic heterocycles. The lowest BCUT2D eigenvalue weighted by Gasteiger charge is -2.30. The van der Waals surface area contributed by atoms with Gasteiger partial charge in [0.1, 0.15) is 29.3 Å². The van der Waals surface area contributed by atoms with E-state index < -0.39 is 75.4 Å². The summed E-state index contributed by atoms with van der Waals surface area (Å²) >= 11 is 6.16. The van der Waals surface area contributed by atoms with Crippen molar-refractivity contribution in [3.05, 3.63) is 46.5 Å². The van der Waals surface area contributed by atoms with Gasteiger partial charge in [-0.3, -0.25) is 19.3 Å². The molecule has 4 heterocycles. The van der Waals surface area contributed by atoms with Crippen LogP contribution in [0, 0.1) is 5.92 Å². The van der Waals surface area contributed by atoms with E-state index in [4.69, 9.17) is 21.1 Å². The average Bonchev–Trinajstić information content (AvgIpc) is 3.53. The lowest BCUT2D eigenvalue weighted by Crippen LogP contribution is -2.59. The quantitative estimate of drug-likeness (QED) is 0.377. The normalized spacial score (nSPS) is 28.8. The largest absolute Gasteiger partial charge is 0.444 e. The Morgan fingerprint density at radius 3 is 2.49 bits per heavy atom. The van der Waals surface area contributed by atoms with Gasteiger partial charge in [-0.05, 0) is 82.6 Å². The van der Waals surface area contributed by atoms with Crippen LogP contribution in [0.15, 0.2) is 30.4 Å². The van der Waals surface area contributed by atoms with E-state index in [0.29, 0.717) is 50.3 Å². The van der Waals surface area contributed by atoms with Crippen LogP contribution in [0.5, 0.6) is 0 Å². The van der Waals surface area contributed by atoms with Crippen LogP contribution in [-0.2, 0) is 47.2 Å². The molecule has 5 amide bonds. The summed E-state index contributed by atoms with van der Waals surface area (Å²) in [5, 5.41) is 6.06. The molecule has 6 rings (SSSR count). The Bertz CT molecular complexity index is 1760. The third-order valence-corrected chi connectivity index (χ3v) is 12.1. The van der Waals surface area contributed by atoms with Gasteiger partial charge in [0, 0.05) is 43.5 Å². The Labute approximate surface area is 315 Å². The van der Waals surface area contributed by atoms with Crippen LogP contribution < -0.4 is 15.4 Å². The van der Waals surface area contributed by atoms with Gasteiger partial charge >= 0.3 is 22.4 Å². The molecule has 1 aromatic carbocycles. The van der Waals surface area contributed by atoms with Crippen molar-refractivity contribution >= 4 is 51.7 Å². The zero-order valence-electron chi connectivity index (χ0n) is 30.4. The molecule has 3 N–H and O–H groups in total. The van der Waals surface area contributed by atoms with Crippen molar-refractivity contribution in [2.75, 3.05) is 19.6 Å². The van der Waals surface area contributed by atoms with Crippen LogP contribution in [0.1, 0.15) is 89.7 Å². The van der Waals surface area contributed by atoms with Crippen molar-refractivity contribution in [2.45, 2.75) is 121 Å². The first-order chi connectivity index (χ1) is 25.0. The molecule has 17 heteroatoms. The highest BCUT2D eigenvalue weighted by atomic mass is 35.5. The summed E-state index contributed by atoms with van der Waals surface area (Å²) in [6.45, 7) is 6.15. The predicted molar refractivity (Wildman–Crippen MR) is 193 cm³/mol. The van der Waals surface area contributed by atoms with Gasteiger partial charge in [-0.1, -0.05) is 42.7 Å². The van der Waals surface area contributed by atoms with Gasteiger partial charge in [-0.2, -0.15) is 12.7 Å². The minimum atomic E-state index is -4.14. The van der Waals surface area contributed by atoms with E-state index in [2.05, 4.69) is 15.4 Å². The molecule has 0 spiro atoms. The van der Waals surface area contributed by atoms with Crippen LogP contribution in [0.2, 0.25) is 5.02 Å². The zero-order valence-corrected chi connectivity index (χ0v) is 32.0. The highest BCUT2D eigenvalue weighted by Crippen LogP contribution is 2.46. The second kappa shape index (κ2) is 15.5. The average molecular weight is 777 g/mol. The first-order valence-corrected chi connectivity index (χ1v) is 20.2. The van der Waals surface area contributed by atoms with Crippen LogP contribution in [0.3, 0.4) is 0 Å². The Balaban J connectivity index is 1.25. The van der Waals surface area contributed by atoms with Crippen LogP contribution in [-0.4, -0.2) is 101 Å². The Morgan fingerprint density at radius 2 is 1.75 bits per heavy atom. The topological polar surface area (TPSA) is 184 Å². The maximum atomic E-state index is 14.4. The summed E-state index contributed by atoms with van der Waals surface area (Å²) in [5.74, 6) is -2.59. The van der Waals surface area contributed by atoms with Crippen molar-refractivity contribution in [1.29, 1.82) is 0 Å². The first kappa shape index (κ1) is 38.8. The van der Waals surface area contributed by atoms with Crippen LogP contribution >= 0.6 is 11.6 Å². The van der Waals surface area contributed by atoms with Gasteiger partial charge in [0.2, 0.25) is 11.8 Å². The molecule has 0 unspecified atom stereocenters. The second-order valence-electron chi connectivity index (χ2n) is 15.6. The van der Waals surface area contributed by atoms with E-state index in [1.807, 2.05) is 18.2 Å². The minimum absolute atomic E-state index is 0.0840. The fourth-order valence-corrected chi connectivity index (χ4v) is 9.00. The number of alkyl carbamates (subject to hydrolysis) is 1. The standard InChI is InChI=1S/C36H49ClN6O9S/c1-35(2,3)52-33(47)38-28-12-8-6-4-5-7-11-25-19-36(25,32(46)40-53(49,50)42-15-9-10-16-42)39-30(44)29-18-27(22-43(29)31(28)45)51-34(48)41-20-23-13-14-26(37)17-24(23)21-41/h7,11,13-14,17,25,27-29H,4-6,8-10,12,15-16,18-22H2,1-3H3,(H,38,47)(H,39,44)(H,40,46)/b11-7-/t25-,27-,28+,29+,36-/m1/s1. The number of hydrogen-bond donors (Lipinski definition) is 3. The highest BCUT2D eigenvalue weighted by Gasteiger charge is 2.62. The number of carbonyl (C=O) groups excluding carboxylic acids is 5. The van der Waals surface area contributed by atoms with Crippen molar-refractivity contribution in [3.63, 3.8) is 0 Å². The molecule has 53 heavy (non-hydrogen) atoms. The zero-order chi connectivity index (χ0) is 38.1. The van der Waals surface area contributed by atoms with Gasteiger partial charge in [0.05, 0.1) is 6.54 Å². The third kappa shape index (κ3) is 9.08. The summed E-state index contributed by atoms with van der Waals surface area (Å²) in [7, 11) is -4.14. The van der Waals surface area contributed by atoms with Crippen LogP contribution in [0.4, 0.5) is 9.59 Å². The van der Waals surface area contributed by atoms with Crippen molar-refractivity contribution in [3.8, 4) is 0 Å². The molecule has 0 aromatic heterocycles. The van der Waals surface area contributed by atoms with E-state index in [1.165, 1.54) is 14.1 Å². The molecular formula is C36H49ClN6O9S. The number of amides is 5. The van der Waals surface area contributed by atoms with E-state index in [0.717, 1.165) is 24.0 Å². The number of ether oxygens (including phenoxy) is 2. The number of nitrogens with one attached hydrogen (secondary N) is 3. The smallest absolute Gasteiger partial charge is 0.410 e. The Kier molecular flexibility index (Phi) is 11.3. The number of nitrogens with zero attached hydrogens (tertiary/aromatic N) is 3. The number of benzene rings is 1. The van der Waals surface area contributed by atoms with E-state index >= 15 is 0 Å². The van der Waals surface area contributed by atoms with Crippen molar-refractivity contribution in [2.24, 2.45) is 5.92 Å². The monoisotopic (exact) mass is 776 g/mol. The molecule has 1 saturated carbocycles. The van der Waals surface area contributed by atoms with Crippen molar-refractivity contribution in [1.82, 2.24) is 29.5 Å². The third-order valence-electron chi connectivity index (χ3n) is 10.4. The number of hydrogen-bond acceptors (Lipinski definition) is 9. The van der Waals surface area contributed by atoms with Gasteiger partial charge in [-0.25, -0.2) is 14.3 Å². The van der Waals surface area contributed by atoms with Crippen LogP contribution in [0.25, 0.3) is 0 Å². The lowest BCUT2D eigenvalue weighted by molar-refractivity contribution is -0.141. The highest BCUT2D eigenvalue weighted by molar-refractivity contribution is 7.87. The van der Waals surface area contributed by atoms with Gasteiger partial charge in [0.25, 0.3) is 5.91 Å². The summed E-state index contributed by atoms with van der Waals surface area (Å²) in [5.41, 5.74) is -0.574. The van der Waals surface area contributed by atoms with Gasteiger partial charge < -0.3 is 25.0 Å². The van der Waals surface area contributed by atoms with Gasteiger partial charge in [0.15, 0.2) is 0 Å². The number of fused-ring (bicyclic) bond motifs is 3. The minimum Gasteiger partial charge on any atom is -0.444 e. The molecule has 0 radical (unpaired) electrons. The molecular weight excluding hydrogens is 728 g/mol. The molecule has 2 saturated heterocycles. The number of carbonyl (C=O) groups is 5. The molecule has 5 atom stereocenters. The molecule has 1 aromatic rings. The Hall–Kier alpha value is -3.89. The van der Waals surface area contributed by atoms with E-state index in [9.17, 15) is 32.4 Å². The Morgan fingerprint density at radius 1 is 1.02 bits per heavy atom. The molecule has 3 fully saturated rings. The molecule has 290 valence electrons.